The first-order chi connectivity index (χ1) is 10.2. The lowest BCUT2D eigenvalue weighted by Crippen LogP contribution is -2.48. The quantitative estimate of drug-likeness (QED) is 0.337. The van der Waals surface area contributed by atoms with Gasteiger partial charge in [0.15, 0.2) is 0 Å². The normalized spacial score (nSPS) is 12.0. The van der Waals surface area contributed by atoms with Crippen LogP contribution in [0, 0.1) is 0 Å². The number of quaternary nitrogens is 1. The summed E-state index contributed by atoms with van der Waals surface area (Å²) in [6.07, 6.45) is 15.0. The molecule has 0 aromatic heterocycles. The largest absolute Gasteiger partial charge is 0.391 e. The van der Waals surface area contributed by atoms with Crippen molar-refractivity contribution in [1.29, 1.82) is 0 Å². The van der Waals surface area contributed by atoms with E-state index in [0.29, 0.717) is 0 Å². The summed E-state index contributed by atoms with van der Waals surface area (Å²) >= 11 is 0. The number of aliphatic hydroxyl groups is 2. The molecule has 0 unspecified atom stereocenters. The SMILES string of the molecule is CCCCCCCCCCCCC[N+](C)(CCO)CCO. The average Bonchev–Trinajstić information content (AvgIpc) is 2.45. The second kappa shape index (κ2) is 14.8. The minimum absolute atomic E-state index is 0.217. The molecule has 0 amide bonds. The molecule has 0 aliphatic rings. The summed E-state index contributed by atoms with van der Waals surface area (Å²) in [6, 6.07) is 0. The Kier molecular flexibility index (Phi) is 14.7. The zero-order valence-electron chi connectivity index (χ0n) is 14.7. The molecule has 0 aromatic carbocycles. The summed E-state index contributed by atoms with van der Waals surface area (Å²) in [7, 11) is 2.14. The number of hydrogen-bond donors (Lipinski definition) is 2. The number of rotatable bonds is 16. The lowest BCUT2D eigenvalue weighted by atomic mass is 10.1. The number of hydrogen-bond acceptors (Lipinski definition) is 2. The molecule has 2 N–H and O–H groups in total. The minimum atomic E-state index is 0.217. The Labute approximate surface area is 133 Å². The summed E-state index contributed by atoms with van der Waals surface area (Å²) in [4.78, 5) is 0. The zero-order chi connectivity index (χ0) is 15.8. The van der Waals surface area contributed by atoms with Crippen LogP contribution in [0.2, 0.25) is 0 Å². The van der Waals surface area contributed by atoms with E-state index in [9.17, 15) is 0 Å². The van der Waals surface area contributed by atoms with Gasteiger partial charge in [0.1, 0.15) is 13.1 Å². The molecule has 128 valence electrons. The van der Waals surface area contributed by atoms with E-state index in [1.54, 1.807) is 0 Å². The van der Waals surface area contributed by atoms with Crippen LogP contribution < -0.4 is 0 Å². The molecule has 0 heterocycles. The van der Waals surface area contributed by atoms with Crippen LogP contribution in [0.4, 0.5) is 0 Å². The van der Waals surface area contributed by atoms with Gasteiger partial charge in [0.05, 0.1) is 26.8 Å². The maximum atomic E-state index is 9.11. The highest BCUT2D eigenvalue weighted by molar-refractivity contribution is 4.49. The smallest absolute Gasteiger partial charge is 0.102 e. The van der Waals surface area contributed by atoms with Gasteiger partial charge in [-0.1, -0.05) is 64.7 Å². The van der Waals surface area contributed by atoms with Crippen molar-refractivity contribution in [2.45, 2.75) is 77.6 Å². The van der Waals surface area contributed by atoms with Crippen molar-refractivity contribution in [3.05, 3.63) is 0 Å². The molecule has 0 saturated heterocycles. The van der Waals surface area contributed by atoms with E-state index in [0.717, 1.165) is 24.1 Å². The summed E-state index contributed by atoms with van der Waals surface area (Å²) in [5.41, 5.74) is 0. The molecule has 0 rings (SSSR count). The molecule has 0 saturated carbocycles. The molecule has 21 heavy (non-hydrogen) atoms. The first kappa shape index (κ1) is 20.9. The third-order valence-electron chi connectivity index (χ3n) is 4.58. The average molecular weight is 303 g/mol. The Bertz CT molecular complexity index is 203. The fourth-order valence-corrected chi connectivity index (χ4v) is 2.98. The Balaban J connectivity index is 3.37. The third kappa shape index (κ3) is 13.3. The first-order valence-electron chi connectivity index (χ1n) is 9.24. The standard InChI is InChI=1S/C18H40NO2/c1-3-4-5-6-7-8-9-10-11-12-13-14-19(2,15-17-20)16-18-21/h20-21H,3-18H2,1-2H3/q+1. The maximum Gasteiger partial charge on any atom is 0.102 e. The Morgan fingerprint density at radius 2 is 0.952 bits per heavy atom. The fourth-order valence-electron chi connectivity index (χ4n) is 2.98. The van der Waals surface area contributed by atoms with Gasteiger partial charge >= 0.3 is 0 Å². The Morgan fingerprint density at radius 3 is 1.33 bits per heavy atom. The molecule has 0 aliphatic carbocycles. The molecule has 0 fully saturated rings. The molecule has 0 radical (unpaired) electrons. The van der Waals surface area contributed by atoms with Crippen molar-refractivity contribution in [2.75, 3.05) is 39.9 Å². The van der Waals surface area contributed by atoms with Crippen LogP contribution in [0.15, 0.2) is 0 Å². The van der Waals surface area contributed by atoms with Gasteiger partial charge in [0.2, 0.25) is 0 Å². The molecule has 0 atom stereocenters. The molecule has 0 aliphatic heterocycles. The number of nitrogens with zero attached hydrogens (tertiary/aromatic N) is 1. The second-order valence-electron chi connectivity index (χ2n) is 6.77. The van der Waals surface area contributed by atoms with E-state index in [2.05, 4.69) is 14.0 Å². The van der Waals surface area contributed by atoms with Crippen LogP contribution in [-0.4, -0.2) is 54.6 Å². The summed E-state index contributed by atoms with van der Waals surface area (Å²) < 4.78 is 0.810. The maximum absolute atomic E-state index is 9.11. The van der Waals surface area contributed by atoms with E-state index in [1.165, 1.54) is 70.6 Å². The number of aliphatic hydroxyl groups excluding tert-OH is 2. The highest BCUT2D eigenvalue weighted by Crippen LogP contribution is 2.12. The number of unbranched alkanes of at least 4 members (excludes halogenated alkanes) is 10. The van der Waals surface area contributed by atoms with Crippen LogP contribution >= 0.6 is 0 Å². The molecule has 0 spiro atoms. The van der Waals surface area contributed by atoms with E-state index >= 15 is 0 Å². The van der Waals surface area contributed by atoms with Crippen LogP contribution in [0.25, 0.3) is 0 Å². The van der Waals surface area contributed by atoms with Gasteiger partial charge in [-0.2, -0.15) is 0 Å². The lowest BCUT2D eigenvalue weighted by molar-refractivity contribution is -0.910. The van der Waals surface area contributed by atoms with E-state index in [-0.39, 0.29) is 13.2 Å². The topological polar surface area (TPSA) is 40.5 Å². The predicted molar refractivity (Wildman–Crippen MR) is 91.4 cm³/mol. The van der Waals surface area contributed by atoms with Gasteiger partial charge in [-0.3, -0.25) is 0 Å². The molecular weight excluding hydrogens is 262 g/mol. The predicted octanol–water partition coefficient (Wildman–Crippen LogP) is 3.73. The van der Waals surface area contributed by atoms with Crippen LogP contribution in [0.5, 0.6) is 0 Å². The third-order valence-corrected chi connectivity index (χ3v) is 4.58. The van der Waals surface area contributed by atoms with Crippen LogP contribution in [-0.2, 0) is 0 Å². The first-order valence-corrected chi connectivity index (χ1v) is 9.24. The van der Waals surface area contributed by atoms with Crippen molar-refractivity contribution < 1.29 is 14.7 Å². The van der Waals surface area contributed by atoms with Crippen LogP contribution in [0.1, 0.15) is 77.6 Å². The molecule has 0 aromatic rings. The van der Waals surface area contributed by atoms with Crippen molar-refractivity contribution in [2.24, 2.45) is 0 Å². The summed E-state index contributed by atoms with van der Waals surface area (Å²) in [5, 5.41) is 18.2. The highest BCUT2D eigenvalue weighted by Gasteiger charge is 2.19. The van der Waals surface area contributed by atoms with Gasteiger partial charge in [-0.25, -0.2) is 0 Å². The van der Waals surface area contributed by atoms with Crippen molar-refractivity contribution in [3.63, 3.8) is 0 Å². The van der Waals surface area contributed by atoms with Crippen molar-refractivity contribution in [3.8, 4) is 0 Å². The van der Waals surface area contributed by atoms with Crippen molar-refractivity contribution >= 4 is 0 Å². The second-order valence-corrected chi connectivity index (χ2v) is 6.77. The van der Waals surface area contributed by atoms with Gasteiger partial charge in [0, 0.05) is 0 Å². The van der Waals surface area contributed by atoms with Gasteiger partial charge in [0.25, 0.3) is 0 Å². The summed E-state index contributed by atoms with van der Waals surface area (Å²) in [5.74, 6) is 0. The highest BCUT2D eigenvalue weighted by atomic mass is 16.3. The van der Waals surface area contributed by atoms with Crippen molar-refractivity contribution in [1.82, 2.24) is 0 Å². The van der Waals surface area contributed by atoms with E-state index in [4.69, 9.17) is 10.2 Å². The minimum Gasteiger partial charge on any atom is -0.391 e. The summed E-state index contributed by atoms with van der Waals surface area (Å²) in [6.45, 7) is 5.31. The number of likely N-dealkylation sites (N-methyl/N-ethyl adjacent to an activating group) is 1. The monoisotopic (exact) mass is 302 g/mol. The van der Waals surface area contributed by atoms with Crippen LogP contribution in [0.3, 0.4) is 0 Å². The molecule has 3 nitrogen and oxygen atoms in total. The Hall–Kier alpha value is -0.120. The molecule has 3 heteroatoms. The zero-order valence-corrected chi connectivity index (χ0v) is 14.7. The van der Waals surface area contributed by atoms with E-state index < -0.39 is 0 Å². The lowest BCUT2D eigenvalue weighted by Gasteiger charge is -2.33. The van der Waals surface area contributed by atoms with Gasteiger partial charge in [-0.15, -0.1) is 0 Å². The molecular formula is C18H40NO2+. The van der Waals surface area contributed by atoms with Gasteiger partial charge in [-0.05, 0) is 12.8 Å². The fraction of sp³-hybridized carbons (Fsp3) is 1.00. The molecule has 0 bridgehead atoms. The van der Waals surface area contributed by atoms with E-state index in [1.807, 2.05) is 0 Å². The van der Waals surface area contributed by atoms with Gasteiger partial charge < -0.3 is 14.7 Å². The Morgan fingerprint density at radius 1 is 0.571 bits per heavy atom.